The van der Waals surface area contributed by atoms with E-state index in [0.717, 1.165) is 17.2 Å². The largest absolute Gasteiger partial charge is 0.490 e. The SMILES string of the molecule is O=c1[nH]cnc2c1ncn2[C@@H]1O[C@@H](COP(=O)(O)OP(=O)(O)OP(=O)(O)O)[C@@H](O)[C@H]1O. The number of imidazole rings is 1. The molecule has 2 unspecified atom stereocenters. The monoisotopic (exact) mass is 508 g/mol. The number of aliphatic hydroxyl groups is 2. The van der Waals surface area contributed by atoms with Crippen molar-refractivity contribution >= 4 is 34.6 Å². The maximum atomic E-state index is 11.8. The molecule has 0 aliphatic carbocycles. The third-order valence-corrected chi connectivity index (χ3v) is 7.60. The minimum atomic E-state index is -5.72. The predicted molar refractivity (Wildman–Crippen MR) is 93.9 cm³/mol. The van der Waals surface area contributed by atoms with E-state index in [9.17, 15) is 33.6 Å². The summed E-state index contributed by atoms with van der Waals surface area (Å²) in [6, 6.07) is 0. The molecule has 0 amide bonds. The van der Waals surface area contributed by atoms with Crippen LogP contribution in [0.15, 0.2) is 17.4 Å². The molecule has 2 aromatic heterocycles. The van der Waals surface area contributed by atoms with Crippen molar-refractivity contribution in [3.05, 3.63) is 23.0 Å². The van der Waals surface area contributed by atoms with Gasteiger partial charge in [-0.25, -0.2) is 23.7 Å². The van der Waals surface area contributed by atoms with Crippen LogP contribution in [-0.4, -0.2) is 74.2 Å². The topological polar surface area (TPSA) is 273 Å². The first kappa shape index (κ1) is 24.3. The molecule has 31 heavy (non-hydrogen) atoms. The molecule has 0 spiro atoms. The fourth-order valence-electron chi connectivity index (χ4n) is 2.62. The molecule has 2 aromatic rings. The molecule has 6 atom stereocenters. The quantitative estimate of drug-likeness (QED) is 0.191. The Balaban J connectivity index is 1.70. The summed E-state index contributed by atoms with van der Waals surface area (Å²) in [4.78, 5) is 57.2. The van der Waals surface area contributed by atoms with Gasteiger partial charge in [-0.2, -0.15) is 8.62 Å². The van der Waals surface area contributed by atoms with Crippen molar-refractivity contribution in [3.63, 3.8) is 0 Å². The second-order valence-electron chi connectivity index (χ2n) is 5.99. The summed E-state index contributed by atoms with van der Waals surface area (Å²) >= 11 is 0. The van der Waals surface area contributed by atoms with E-state index in [1.54, 1.807) is 0 Å². The lowest BCUT2D eigenvalue weighted by atomic mass is 10.1. The molecule has 7 N–H and O–H groups in total. The van der Waals surface area contributed by atoms with Gasteiger partial charge in [-0.1, -0.05) is 0 Å². The van der Waals surface area contributed by atoms with Gasteiger partial charge in [-0.3, -0.25) is 13.9 Å². The number of hydrogen-bond acceptors (Lipinski definition) is 12. The number of rotatable bonds is 8. The Hall–Kier alpha value is -1.36. The average Bonchev–Trinajstić information content (AvgIpc) is 3.13. The summed E-state index contributed by atoms with van der Waals surface area (Å²) < 4.78 is 51.6. The number of aromatic nitrogens is 4. The number of phosphoric acid groups is 3. The van der Waals surface area contributed by atoms with Crippen LogP contribution in [0.1, 0.15) is 6.23 Å². The van der Waals surface area contributed by atoms with Gasteiger partial charge < -0.3 is 39.5 Å². The first-order valence-corrected chi connectivity index (χ1v) is 12.4. The highest BCUT2D eigenvalue weighted by atomic mass is 31.3. The summed E-state index contributed by atoms with van der Waals surface area (Å²) in [5.74, 6) is 0. The van der Waals surface area contributed by atoms with Crippen molar-refractivity contribution in [1.82, 2.24) is 19.5 Å². The van der Waals surface area contributed by atoms with Crippen LogP contribution in [0, 0.1) is 0 Å². The van der Waals surface area contributed by atoms with Gasteiger partial charge in [-0.05, 0) is 0 Å². The van der Waals surface area contributed by atoms with E-state index in [1.165, 1.54) is 0 Å². The minimum absolute atomic E-state index is 0.00599. The van der Waals surface area contributed by atoms with E-state index in [4.69, 9.17) is 19.4 Å². The number of ether oxygens (including phenoxy) is 1. The molecule has 1 aliphatic rings. The molecular weight excluding hydrogens is 493 g/mol. The summed E-state index contributed by atoms with van der Waals surface area (Å²) in [7, 11) is -16.7. The molecule has 1 saturated heterocycles. The van der Waals surface area contributed by atoms with Crippen LogP contribution in [0.25, 0.3) is 11.2 Å². The maximum Gasteiger partial charge on any atom is 0.490 e. The minimum Gasteiger partial charge on any atom is -0.387 e. The number of nitrogens with one attached hydrogen (secondary N) is 1. The summed E-state index contributed by atoms with van der Waals surface area (Å²) in [6.07, 6.45) is -4.05. The number of nitrogens with zero attached hydrogens (tertiary/aromatic N) is 3. The van der Waals surface area contributed by atoms with E-state index in [2.05, 4.69) is 28.1 Å². The molecule has 0 aromatic carbocycles. The zero-order valence-electron chi connectivity index (χ0n) is 14.8. The molecular formula is C10H15N4O14P3. The Morgan fingerprint density at radius 2 is 1.74 bits per heavy atom. The van der Waals surface area contributed by atoms with Crippen LogP contribution in [0.3, 0.4) is 0 Å². The zero-order chi connectivity index (χ0) is 23.2. The van der Waals surface area contributed by atoms with E-state index in [1.807, 2.05) is 0 Å². The second-order valence-corrected chi connectivity index (χ2v) is 10.4. The van der Waals surface area contributed by atoms with E-state index in [-0.39, 0.29) is 11.2 Å². The van der Waals surface area contributed by atoms with Crippen LogP contribution in [0.5, 0.6) is 0 Å². The lowest BCUT2D eigenvalue weighted by Crippen LogP contribution is -2.33. The van der Waals surface area contributed by atoms with Crippen molar-refractivity contribution in [2.24, 2.45) is 0 Å². The molecule has 0 bridgehead atoms. The summed E-state index contributed by atoms with van der Waals surface area (Å²) in [5, 5.41) is 20.3. The Kier molecular flexibility index (Phi) is 6.68. The fraction of sp³-hybridized carbons (Fsp3) is 0.500. The van der Waals surface area contributed by atoms with Gasteiger partial charge in [0.2, 0.25) is 0 Å². The molecule has 0 radical (unpaired) electrons. The Morgan fingerprint density at radius 3 is 2.39 bits per heavy atom. The molecule has 18 nitrogen and oxygen atoms in total. The number of aliphatic hydroxyl groups excluding tert-OH is 2. The van der Waals surface area contributed by atoms with E-state index >= 15 is 0 Å². The zero-order valence-corrected chi connectivity index (χ0v) is 17.5. The van der Waals surface area contributed by atoms with Gasteiger partial charge in [0.15, 0.2) is 17.4 Å². The number of H-pyrrole nitrogens is 1. The first-order chi connectivity index (χ1) is 14.2. The van der Waals surface area contributed by atoms with Crippen LogP contribution in [0.4, 0.5) is 0 Å². The van der Waals surface area contributed by atoms with Gasteiger partial charge in [0.05, 0.1) is 19.3 Å². The van der Waals surface area contributed by atoms with E-state index < -0.39 is 60.2 Å². The first-order valence-electron chi connectivity index (χ1n) is 7.89. The third-order valence-electron chi connectivity index (χ3n) is 3.79. The number of aromatic amines is 1. The van der Waals surface area contributed by atoms with Crippen LogP contribution >= 0.6 is 23.5 Å². The van der Waals surface area contributed by atoms with Gasteiger partial charge in [0.25, 0.3) is 5.56 Å². The smallest absolute Gasteiger partial charge is 0.387 e. The second kappa shape index (κ2) is 8.53. The number of hydrogen-bond donors (Lipinski definition) is 7. The normalized spacial score (nSPS) is 28.5. The molecule has 174 valence electrons. The number of fused-ring (bicyclic) bond motifs is 1. The van der Waals surface area contributed by atoms with Crippen LogP contribution in [-0.2, 0) is 31.6 Å². The Bertz CT molecular complexity index is 1160. The average molecular weight is 508 g/mol. The van der Waals surface area contributed by atoms with Gasteiger partial charge in [0.1, 0.15) is 18.3 Å². The standard InChI is InChI=1S/C10H15N4O14P3/c15-6-4(1-25-30(21,22)28-31(23,24)27-29(18,19)20)26-10(7(6)16)14-3-13-5-8(14)11-2-12-9(5)17/h2-4,6-7,10,15-16H,1H2,(H,21,22)(H,23,24)(H,11,12,17)(H2,18,19,20)/t4-,6+,7+,10+/m0/s1. The lowest BCUT2D eigenvalue weighted by molar-refractivity contribution is -0.0503. The molecule has 0 saturated carbocycles. The molecule has 3 rings (SSSR count). The van der Waals surface area contributed by atoms with Crippen molar-refractivity contribution in [3.8, 4) is 0 Å². The summed E-state index contributed by atoms with van der Waals surface area (Å²) in [6.45, 7) is -0.987. The molecule has 3 heterocycles. The van der Waals surface area contributed by atoms with Crippen molar-refractivity contribution in [2.45, 2.75) is 24.5 Å². The van der Waals surface area contributed by atoms with Crippen LogP contribution in [0.2, 0.25) is 0 Å². The van der Waals surface area contributed by atoms with Gasteiger partial charge >= 0.3 is 23.5 Å². The van der Waals surface area contributed by atoms with Gasteiger partial charge in [-0.15, -0.1) is 0 Å². The van der Waals surface area contributed by atoms with Crippen molar-refractivity contribution in [2.75, 3.05) is 6.61 Å². The molecule has 1 fully saturated rings. The highest BCUT2D eigenvalue weighted by molar-refractivity contribution is 7.66. The lowest BCUT2D eigenvalue weighted by Gasteiger charge is -2.19. The highest BCUT2D eigenvalue weighted by Gasteiger charge is 2.47. The molecule has 21 heteroatoms. The predicted octanol–water partition coefficient (Wildman–Crippen LogP) is -1.92. The Morgan fingerprint density at radius 1 is 1.06 bits per heavy atom. The van der Waals surface area contributed by atoms with Crippen molar-refractivity contribution in [1.29, 1.82) is 0 Å². The van der Waals surface area contributed by atoms with Crippen molar-refractivity contribution < 1.29 is 61.4 Å². The summed E-state index contributed by atoms with van der Waals surface area (Å²) in [5.41, 5.74) is -0.681. The maximum absolute atomic E-state index is 11.8. The number of phosphoric ester groups is 1. The Labute approximate surface area is 170 Å². The fourth-order valence-corrected chi connectivity index (χ4v) is 5.65. The van der Waals surface area contributed by atoms with Crippen LogP contribution < -0.4 is 5.56 Å². The molecule has 1 aliphatic heterocycles. The third kappa shape index (κ3) is 5.71. The van der Waals surface area contributed by atoms with E-state index in [0.29, 0.717) is 0 Å². The highest BCUT2D eigenvalue weighted by Crippen LogP contribution is 2.66. The van der Waals surface area contributed by atoms with Gasteiger partial charge in [0, 0.05) is 0 Å².